The Morgan fingerprint density at radius 1 is 1.06 bits per heavy atom. The summed E-state index contributed by atoms with van der Waals surface area (Å²) in [6.45, 7) is 1.99. The van der Waals surface area contributed by atoms with Gasteiger partial charge in [0.1, 0.15) is 17.2 Å². The lowest BCUT2D eigenvalue weighted by Crippen LogP contribution is -2.26. The molecule has 0 spiro atoms. The van der Waals surface area contributed by atoms with Crippen LogP contribution in [0.15, 0.2) is 36.4 Å². The number of nitrogens with zero attached hydrogens (tertiary/aromatic N) is 3. The molecule has 1 aliphatic rings. The van der Waals surface area contributed by atoms with Crippen LogP contribution < -0.4 is 35.7 Å². The Balaban J connectivity index is 1.73. The average molecular weight is 434 g/mol. The number of amides is 1. The van der Waals surface area contributed by atoms with Crippen LogP contribution in [0.5, 0.6) is 35.0 Å². The monoisotopic (exact) mass is 434 g/mol. The number of aromatic nitrogens is 2. The Hall–Kier alpha value is -4.72. The van der Waals surface area contributed by atoms with Gasteiger partial charge in [-0.2, -0.15) is 15.2 Å². The topological polar surface area (TPSA) is 168 Å². The highest BCUT2D eigenvalue weighted by atomic mass is 16.5. The molecule has 1 aliphatic heterocycles. The van der Waals surface area contributed by atoms with Crippen molar-refractivity contribution < 1.29 is 23.7 Å². The first-order chi connectivity index (χ1) is 15.4. The Morgan fingerprint density at radius 2 is 1.78 bits per heavy atom. The molecule has 0 fully saturated rings. The number of nitriles is 1. The molecular formula is C21H18N6O5. The second-order valence-electron chi connectivity index (χ2n) is 6.61. The molecule has 2 heterocycles. The van der Waals surface area contributed by atoms with Crippen LogP contribution in [0.3, 0.4) is 0 Å². The van der Waals surface area contributed by atoms with Gasteiger partial charge in [-0.05, 0) is 25.1 Å². The van der Waals surface area contributed by atoms with Crippen molar-refractivity contribution in [3.05, 3.63) is 42.0 Å². The second kappa shape index (κ2) is 8.57. The van der Waals surface area contributed by atoms with Crippen LogP contribution in [0.25, 0.3) is 0 Å². The largest absolute Gasteiger partial charge is 0.494 e. The average Bonchev–Trinajstić information content (AvgIpc) is 2.73. The smallest absolute Gasteiger partial charge is 0.328 e. The molecule has 32 heavy (non-hydrogen) atoms. The second-order valence-corrected chi connectivity index (χ2v) is 6.61. The van der Waals surface area contributed by atoms with Crippen LogP contribution in [-0.2, 0) is 4.79 Å². The van der Waals surface area contributed by atoms with E-state index in [1.54, 1.807) is 30.3 Å². The van der Waals surface area contributed by atoms with E-state index >= 15 is 0 Å². The van der Waals surface area contributed by atoms with Crippen LogP contribution in [0.4, 0.5) is 17.1 Å². The molecule has 1 aromatic heterocycles. The molecule has 0 unspecified atom stereocenters. The Labute approximate surface area is 182 Å². The minimum atomic E-state index is -0.399. The van der Waals surface area contributed by atoms with Gasteiger partial charge < -0.3 is 35.7 Å². The lowest BCUT2D eigenvalue weighted by Gasteiger charge is -2.20. The van der Waals surface area contributed by atoms with E-state index in [9.17, 15) is 10.1 Å². The maximum Gasteiger partial charge on any atom is 0.328 e. The number of carbonyl (C=O) groups is 1. The molecule has 0 saturated carbocycles. The van der Waals surface area contributed by atoms with Crippen molar-refractivity contribution in [1.29, 1.82) is 5.26 Å². The van der Waals surface area contributed by atoms with Crippen molar-refractivity contribution >= 4 is 23.0 Å². The van der Waals surface area contributed by atoms with Crippen molar-refractivity contribution in [2.45, 2.75) is 6.92 Å². The molecule has 5 N–H and O–H groups in total. The minimum absolute atomic E-state index is 0.0486. The number of benzene rings is 2. The predicted octanol–water partition coefficient (Wildman–Crippen LogP) is 2.83. The van der Waals surface area contributed by atoms with Crippen molar-refractivity contribution in [3.63, 3.8) is 0 Å². The van der Waals surface area contributed by atoms with E-state index in [-0.39, 0.29) is 35.8 Å². The summed E-state index contributed by atoms with van der Waals surface area (Å²) in [5.41, 5.74) is 12.8. The molecule has 0 aliphatic carbocycles. The van der Waals surface area contributed by atoms with E-state index < -0.39 is 5.91 Å². The first kappa shape index (κ1) is 20.5. The molecule has 162 valence electrons. The number of nitrogens with one attached hydrogen (secondary N) is 1. The number of rotatable bonds is 6. The summed E-state index contributed by atoms with van der Waals surface area (Å²) in [5.74, 6) is 0.613. The SMILES string of the molecule is CCOc1cc(C#N)cc(Oc2nc(Oc3cc(N)cc(N)c3)nc3c2NC(=O)CO3)c1. The minimum Gasteiger partial charge on any atom is -0.494 e. The van der Waals surface area contributed by atoms with Crippen molar-refractivity contribution in [3.8, 4) is 41.1 Å². The fourth-order valence-corrected chi connectivity index (χ4v) is 2.91. The molecule has 3 aromatic rings. The molecule has 11 heteroatoms. The Bertz CT molecular complexity index is 1220. The van der Waals surface area contributed by atoms with E-state index in [0.29, 0.717) is 35.0 Å². The van der Waals surface area contributed by atoms with Gasteiger partial charge in [-0.3, -0.25) is 4.79 Å². The summed E-state index contributed by atoms with van der Waals surface area (Å²) < 4.78 is 22.4. The van der Waals surface area contributed by atoms with E-state index in [2.05, 4.69) is 15.3 Å². The first-order valence-electron chi connectivity index (χ1n) is 9.48. The number of ether oxygens (including phenoxy) is 4. The molecule has 0 saturated heterocycles. The summed E-state index contributed by atoms with van der Waals surface area (Å²) >= 11 is 0. The standard InChI is InChI=1S/C21H18N6O5/c1-2-29-14-3-11(9-22)4-15(8-14)31-20-18-19(30-10-17(28)25-18)26-21(27-20)32-16-6-12(23)5-13(24)7-16/h3-8H,2,10,23-24H2,1H3,(H,25,28). The van der Waals surface area contributed by atoms with E-state index in [1.807, 2.05) is 13.0 Å². The van der Waals surface area contributed by atoms with Gasteiger partial charge in [0.2, 0.25) is 5.88 Å². The maximum absolute atomic E-state index is 11.9. The summed E-state index contributed by atoms with van der Waals surface area (Å²) in [5, 5.41) is 11.9. The van der Waals surface area contributed by atoms with Gasteiger partial charge in [-0.25, -0.2) is 0 Å². The summed E-state index contributed by atoms with van der Waals surface area (Å²) in [6, 6.07) is 11.3. The number of hydrogen-bond donors (Lipinski definition) is 3. The fraction of sp³-hybridized carbons (Fsp3) is 0.143. The third-order valence-corrected chi connectivity index (χ3v) is 4.12. The molecule has 0 bridgehead atoms. The van der Waals surface area contributed by atoms with Crippen LogP contribution in [0.2, 0.25) is 0 Å². The summed E-state index contributed by atoms with van der Waals surface area (Å²) in [6.07, 6.45) is 0. The normalized spacial score (nSPS) is 12.1. The first-order valence-corrected chi connectivity index (χ1v) is 9.48. The fourth-order valence-electron chi connectivity index (χ4n) is 2.91. The number of fused-ring (bicyclic) bond motifs is 1. The molecule has 0 atom stereocenters. The van der Waals surface area contributed by atoms with Crippen molar-refractivity contribution in [2.24, 2.45) is 0 Å². The van der Waals surface area contributed by atoms with Gasteiger partial charge in [-0.1, -0.05) is 0 Å². The zero-order valence-corrected chi connectivity index (χ0v) is 16.9. The van der Waals surface area contributed by atoms with Gasteiger partial charge in [0.05, 0.1) is 18.2 Å². The number of nitrogens with two attached hydrogens (primary N) is 2. The molecule has 11 nitrogen and oxygen atoms in total. The maximum atomic E-state index is 11.9. The summed E-state index contributed by atoms with van der Waals surface area (Å²) in [4.78, 5) is 20.3. The zero-order chi connectivity index (χ0) is 22.7. The van der Waals surface area contributed by atoms with E-state index in [1.165, 1.54) is 6.07 Å². The lowest BCUT2D eigenvalue weighted by atomic mass is 10.2. The van der Waals surface area contributed by atoms with E-state index in [4.69, 9.17) is 30.4 Å². The third-order valence-electron chi connectivity index (χ3n) is 4.12. The highest BCUT2D eigenvalue weighted by molar-refractivity contribution is 5.96. The highest BCUT2D eigenvalue weighted by Gasteiger charge is 2.26. The Kier molecular flexibility index (Phi) is 5.50. The van der Waals surface area contributed by atoms with Gasteiger partial charge in [0.25, 0.3) is 11.8 Å². The van der Waals surface area contributed by atoms with Gasteiger partial charge in [0, 0.05) is 29.6 Å². The molecule has 1 amide bonds. The van der Waals surface area contributed by atoms with E-state index in [0.717, 1.165) is 0 Å². The van der Waals surface area contributed by atoms with Crippen LogP contribution in [0.1, 0.15) is 12.5 Å². The number of anilines is 3. The zero-order valence-electron chi connectivity index (χ0n) is 16.9. The third kappa shape index (κ3) is 4.54. The van der Waals surface area contributed by atoms with Gasteiger partial charge in [-0.15, -0.1) is 0 Å². The molecular weight excluding hydrogens is 416 g/mol. The van der Waals surface area contributed by atoms with Crippen LogP contribution >= 0.6 is 0 Å². The highest BCUT2D eigenvalue weighted by Crippen LogP contribution is 2.39. The molecule has 4 rings (SSSR count). The lowest BCUT2D eigenvalue weighted by molar-refractivity contribution is -0.118. The molecule has 2 aromatic carbocycles. The van der Waals surface area contributed by atoms with Crippen molar-refractivity contribution in [1.82, 2.24) is 9.97 Å². The molecule has 0 radical (unpaired) electrons. The number of carbonyl (C=O) groups excluding carboxylic acids is 1. The summed E-state index contributed by atoms with van der Waals surface area (Å²) in [7, 11) is 0. The number of nitrogen functional groups attached to an aromatic ring is 2. The quantitative estimate of drug-likeness (QED) is 0.491. The Morgan fingerprint density at radius 3 is 2.50 bits per heavy atom. The van der Waals surface area contributed by atoms with Gasteiger partial charge in [0.15, 0.2) is 12.3 Å². The number of hydrogen-bond acceptors (Lipinski definition) is 10. The van der Waals surface area contributed by atoms with Crippen LogP contribution in [0, 0.1) is 11.3 Å². The predicted molar refractivity (Wildman–Crippen MR) is 114 cm³/mol. The van der Waals surface area contributed by atoms with Gasteiger partial charge >= 0.3 is 6.01 Å². The van der Waals surface area contributed by atoms with Crippen molar-refractivity contribution in [2.75, 3.05) is 30.0 Å². The van der Waals surface area contributed by atoms with Crippen LogP contribution in [-0.4, -0.2) is 29.1 Å².